The van der Waals surface area contributed by atoms with Crippen molar-refractivity contribution in [3.63, 3.8) is 0 Å². The van der Waals surface area contributed by atoms with Gasteiger partial charge in [-0.2, -0.15) is 0 Å². The Morgan fingerprint density at radius 2 is 1.42 bits per heavy atom. The monoisotopic (exact) mass is 323 g/mol. The molecule has 126 valence electrons. The second-order valence-corrected chi connectivity index (χ2v) is 6.23. The smallest absolute Gasteiger partial charge is 0.236 e. The van der Waals surface area contributed by atoms with Crippen molar-refractivity contribution >= 4 is 5.91 Å². The molecule has 2 aromatic rings. The molecule has 4 nitrogen and oxygen atoms in total. The van der Waals surface area contributed by atoms with Crippen LogP contribution in [0, 0.1) is 0 Å². The highest BCUT2D eigenvalue weighted by atomic mass is 16.2. The Labute approximate surface area is 144 Å². The largest absolute Gasteiger partial charge is 0.339 e. The van der Waals surface area contributed by atoms with E-state index < -0.39 is 0 Å². The fraction of sp³-hybridized carbons (Fsp3) is 0.350. The number of benzene rings is 2. The molecule has 2 aromatic carbocycles. The highest BCUT2D eigenvalue weighted by Gasteiger charge is 2.20. The Kier molecular flexibility index (Phi) is 5.99. The maximum Gasteiger partial charge on any atom is 0.236 e. The standard InChI is InChI=1S/C20H25N3O/c24-20(16-21-15-18-7-3-1-4-8-18)23-13-11-22(12-14-23)17-19-9-5-2-6-10-19/h1-10,21H,11-17H2. The third kappa shape index (κ3) is 4.91. The number of amides is 1. The number of carbonyl (C=O) groups excluding carboxylic acids is 1. The van der Waals surface area contributed by atoms with E-state index in [-0.39, 0.29) is 5.91 Å². The van der Waals surface area contributed by atoms with Crippen molar-refractivity contribution in [3.05, 3.63) is 71.8 Å². The molecule has 1 aliphatic rings. The molecule has 3 rings (SSSR count). The van der Waals surface area contributed by atoms with E-state index in [0.717, 1.165) is 39.3 Å². The molecule has 4 heteroatoms. The maximum absolute atomic E-state index is 12.3. The predicted octanol–water partition coefficient (Wildman–Crippen LogP) is 2.12. The molecule has 1 amide bonds. The molecule has 0 aromatic heterocycles. The molecule has 0 atom stereocenters. The van der Waals surface area contributed by atoms with Crippen LogP contribution in [-0.2, 0) is 17.9 Å². The SMILES string of the molecule is O=C(CNCc1ccccc1)N1CCN(Cc2ccccc2)CC1. The zero-order valence-electron chi connectivity index (χ0n) is 14.0. The lowest BCUT2D eigenvalue weighted by atomic mass is 10.2. The van der Waals surface area contributed by atoms with Crippen LogP contribution in [0.1, 0.15) is 11.1 Å². The van der Waals surface area contributed by atoms with E-state index >= 15 is 0 Å². The van der Waals surface area contributed by atoms with Gasteiger partial charge in [0.05, 0.1) is 6.54 Å². The topological polar surface area (TPSA) is 35.6 Å². The molecule has 1 heterocycles. The summed E-state index contributed by atoms with van der Waals surface area (Å²) in [6, 6.07) is 20.7. The molecule has 1 saturated heterocycles. The minimum absolute atomic E-state index is 0.199. The number of nitrogens with zero attached hydrogens (tertiary/aromatic N) is 2. The Bertz CT molecular complexity index is 622. The normalized spacial score (nSPS) is 15.4. The summed E-state index contributed by atoms with van der Waals surface area (Å²) in [6.45, 7) is 5.64. The molecule has 0 spiro atoms. The van der Waals surface area contributed by atoms with Crippen molar-refractivity contribution in [1.29, 1.82) is 0 Å². The molecule has 0 bridgehead atoms. The molecule has 0 unspecified atom stereocenters. The van der Waals surface area contributed by atoms with E-state index in [4.69, 9.17) is 0 Å². The van der Waals surface area contributed by atoms with Crippen LogP contribution in [0.25, 0.3) is 0 Å². The van der Waals surface area contributed by atoms with Crippen LogP contribution in [0.5, 0.6) is 0 Å². The molecule has 0 aliphatic carbocycles. The summed E-state index contributed by atoms with van der Waals surface area (Å²) < 4.78 is 0. The molecular weight excluding hydrogens is 298 g/mol. The van der Waals surface area contributed by atoms with E-state index in [2.05, 4.69) is 46.6 Å². The first kappa shape index (κ1) is 16.7. The summed E-state index contributed by atoms with van der Waals surface area (Å²) in [7, 11) is 0. The second-order valence-electron chi connectivity index (χ2n) is 6.23. The van der Waals surface area contributed by atoms with Crippen molar-refractivity contribution in [2.24, 2.45) is 0 Å². The van der Waals surface area contributed by atoms with Gasteiger partial charge in [0.1, 0.15) is 0 Å². The fourth-order valence-electron chi connectivity index (χ4n) is 3.02. The second kappa shape index (κ2) is 8.62. The van der Waals surface area contributed by atoms with E-state index in [1.165, 1.54) is 11.1 Å². The van der Waals surface area contributed by atoms with E-state index in [1.54, 1.807) is 0 Å². The number of rotatable bonds is 6. The fourth-order valence-corrected chi connectivity index (χ4v) is 3.02. The van der Waals surface area contributed by atoms with E-state index in [0.29, 0.717) is 6.54 Å². The van der Waals surface area contributed by atoms with Crippen LogP contribution >= 0.6 is 0 Å². The van der Waals surface area contributed by atoms with E-state index in [1.807, 2.05) is 29.2 Å². The minimum atomic E-state index is 0.199. The van der Waals surface area contributed by atoms with Crippen LogP contribution in [0.4, 0.5) is 0 Å². The number of hydrogen-bond acceptors (Lipinski definition) is 3. The van der Waals surface area contributed by atoms with Crippen molar-refractivity contribution in [1.82, 2.24) is 15.1 Å². The quantitative estimate of drug-likeness (QED) is 0.884. The number of hydrogen-bond donors (Lipinski definition) is 1. The molecule has 24 heavy (non-hydrogen) atoms. The Morgan fingerprint density at radius 3 is 2.04 bits per heavy atom. The molecular formula is C20H25N3O. The van der Waals surface area contributed by atoms with Gasteiger partial charge >= 0.3 is 0 Å². The Hall–Kier alpha value is -2.17. The lowest BCUT2D eigenvalue weighted by Crippen LogP contribution is -2.50. The third-order valence-electron chi connectivity index (χ3n) is 4.42. The predicted molar refractivity (Wildman–Crippen MR) is 96.4 cm³/mol. The van der Waals surface area contributed by atoms with Crippen LogP contribution in [-0.4, -0.2) is 48.4 Å². The van der Waals surface area contributed by atoms with Crippen molar-refractivity contribution in [3.8, 4) is 0 Å². The summed E-state index contributed by atoms with van der Waals surface area (Å²) in [5, 5.41) is 3.24. The molecule has 1 aliphatic heterocycles. The first-order valence-corrected chi connectivity index (χ1v) is 8.60. The first-order chi connectivity index (χ1) is 11.8. The van der Waals surface area contributed by atoms with Gasteiger partial charge in [-0.05, 0) is 11.1 Å². The zero-order chi connectivity index (χ0) is 16.6. The number of carbonyl (C=O) groups is 1. The van der Waals surface area contributed by atoms with Crippen LogP contribution in [0.3, 0.4) is 0 Å². The highest BCUT2D eigenvalue weighted by Crippen LogP contribution is 2.08. The van der Waals surface area contributed by atoms with Crippen LogP contribution in [0.15, 0.2) is 60.7 Å². The first-order valence-electron chi connectivity index (χ1n) is 8.60. The van der Waals surface area contributed by atoms with Crippen LogP contribution < -0.4 is 5.32 Å². The average molecular weight is 323 g/mol. The average Bonchev–Trinajstić information content (AvgIpc) is 2.64. The summed E-state index contributed by atoms with van der Waals surface area (Å²) in [4.78, 5) is 16.7. The highest BCUT2D eigenvalue weighted by molar-refractivity contribution is 5.78. The van der Waals surface area contributed by atoms with Gasteiger partial charge in [-0.1, -0.05) is 60.7 Å². The van der Waals surface area contributed by atoms with Gasteiger partial charge in [-0.25, -0.2) is 0 Å². The lowest BCUT2D eigenvalue weighted by Gasteiger charge is -2.34. The Balaban J connectivity index is 1.37. The van der Waals surface area contributed by atoms with E-state index in [9.17, 15) is 4.79 Å². The van der Waals surface area contributed by atoms with Gasteiger partial charge in [0.2, 0.25) is 5.91 Å². The van der Waals surface area contributed by atoms with Gasteiger partial charge in [0, 0.05) is 39.3 Å². The third-order valence-corrected chi connectivity index (χ3v) is 4.42. The molecule has 1 fully saturated rings. The number of piperazine rings is 1. The van der Waals surface area contributed by atoms with Crippen LogP contribution in [0.2, 0.25) is 0 Å². The van der Waals surface area contributed by atoms with Gasteiger partial charge in [-0.3, -0.25) is 9.69 Å². The molecule has 0 saturated carbocycles. The van der Waals surface area contributed by atoms with Gasteiger partial charge in [-0.15, -0.1) is 0 Å². The van der Waals surface area contributed by atoms with Crippen molar-refractivity contribution in [2.45, 2.75) is 13.1 Å². The summed E-state index contributed by atoms with van der Waals surface area (Å²) in [6.07, 6.45) is 0. The minimum Gasteiger partial charge on any atom is -0.339 e. The van der Waals surface area contributed by atoms with Gasteiger partial charge < -0.3 is 10.2 Å². The van der Waals surface area contributed by atoms with Gasteiger partial charge in [0.25, 0.3) is 0 Å². The maximum atomic E-state index is 12.3. The van der Waals surface area contributed by atoms with Crippen molar-refractivity contribution < 1.29 is 4.79 Å². The molecule has 0 radical (unpaired) electrons. The lowest BCUT2D eigenvalue weighted by molar-refractivity contribution is -0.132. The number of nitrogens with one attached hydrogen (secondary N) is 1. The summed E-state index contributed by atoms with van der Waals surface area (Å²) in [5.74, 6) is 0.199. The zero-order valence-corrected chi connectivity index (χ0v) is 14.0. The van der Waals surface area contributed by atoms with Gasteiger partial charge in [0.15, 0.2) is 0 Å². The summed E-state index contributed by atoms with van der Waals surface area (Å²) in [5.41, 5.74) is 2.54. The summed E-state index contributed by atoms with van der Waals surface area (Å²) >= 11 is 0. The Morgan fingerprint density at radius 1 is 0.833 bits per heavy atom. The van der Waals surface area contributed by atoms with Crippen molar-refractivity contribution in [2.75, 3.05) is 32.7 Å². The molecule has 1 N–H and O–H groups in total.